The minimum Gasteiger partial charge on any atom is -0.307 e. The van der Waals surface area contributed by atoms with Crippen molar-refractivity contribution in [1.29, 1.82) is 0 Å². The number of benzene rings is 2. The molecule has 0 radical (unpaired) electrons. The highest BCUT2D eigenvalue weighted by Gasteiger charge is 2.46. The van der Waals surface area contributed by atoms with Crippen molar-refractivity contribution in [3.63, 3.8) is 0 Å². The molecule has 4 nitrogen and oxygen atoms in total. The van der Waals surface area contributed by atoms with Crippen LogP contribution < -0.4 is 5.32 Å². The molecule has 3 fully saturated rings. The van der Waals surface area contributed by atoms with E-state index in [1.807, 2.05) is 0 Å². The normalized spacial score (nSPS) is 23.8. The van der Waals surface area contributed by atoms with Crippen LogP contribution in [0.4, 0.5) is 52.7 Å². The Labute approximate surface area is 293 Å². The van der Waals surface area contributed by atoms with E-state index in [0.29, 0.717) is 56.4 Å². The van der Waals surface area contributed by atoms with Crippen molar-refractivity contribution in [3.05, 3.63) is 69.8 Å². The van der Waals surface area contributed by atoms with Crippen molar-refractivity contribution >= 4 is 5.78 Å². The fourth-order valence-corrected chi connectivity index (χ4v) is 8.09. The molecule has 16 heteroatoms. The number of nitrogens with zero attached hydrogens (tertiary/aromatic N) is 2. The largest absolute Gasteiger partial charge is 0.417 e. The van der Waals surface area contributed by atoms with Crippen LogP contribution in [-0.2, 0) is 41.3 Å². The van der Waals surface area contributed by atoms with Gasteiger partial charge in [0.2, 0.25) is 0 Å². The number of ketones is 1. The summed E-state index contributed by atoms with van der Waals surface area (Å²) in [5.74, 6) is -0.788. The van der Waals surface area contributed by atoms with E-state index < -0.39 is 76.2 Å². The molecule has 0 amide bonds. The number of rotatable bonds is 8. The number of carbonyl (C=O) groups excluding carboxylic acids is 1. The summed E-state index contributed by atoms with van der Waals surface area (Å²) in [4.78, 5) is 18.3. The lowest BCUT2D eigenvalue weighted by Crippen LogP contribution is -2.48. The average molecular weight is 760 g/mol. The molecular formula is C36H41F12N3O. The standard InChI is InChI=1S/C36H41F12N3O/c37-33(38,39)25-17-23(18-26(20-25)34(40,41)42)19-31(52)30-22-32(9-4-11-49-30,24-5-6-28(35(43,44)45)29(21-24)36(46,47)48)10-16-50-14-7-27(8-15-50)51-12-2-1-3-13-51/h5-6,17-18,20-21,27,30,49H,1-4,7-16,19,22H2. The second-order valence-electron chi connectivity index (χ2n) is 14.3. The van der Waals surface area contributed by atoms with Crippen LogP contribution in [0.15, 0.2) is 36.4 Å². The number of hydrogen-bond donors (Lipinski definition) is 1. The van der Waals surface area contributed by atoms with Gasteiger partial charge >= 0.3 is 24.7 Å². The van der Waals surface area contributed by atoms with E-state index in [9.17, 15) is 57.5 Å². The van der Waals surface area contributed by atoms with E-state index in [-0.39, 0.29) is 37.4 Å². The maximum atomic E-state index is 14.1. The molecule has 0 bridgehead atoms. The molecule has 2 unspecified atom stereocenters. The lowest BCUT2D eigenvalue weighted by atomic mass is 9.69. The summed E-state index contributed by atoms with van der Waals surface area (Å²) in [5.41, 5.74) is -8.80. The second kappa shape index (κ2) is 15.5. The zero-order valence-electron chi connectivity index (χ0n) is 28.3. The number of alkyl halides is 12. The van der Waals surface area contributed by atoms with Crippen molar-refractivity contribution in [2.45, 2.75) is 106 Å². The summed E-state index contributed by atoms with van der Waals surface area (Å²) in [5, 5.41) is 2.96. The van der Waals surface area contributed by atoms with Crippen LogP contribution in [0.2, 0.25) is 0 Å². The van der Waals surface area contributed by atoms with Crippen LogP contribution in [0, 0.1) is 0 Å². The third kappa shape index (κ3) is 9.82. The number of hydrogen-bond acceptors (Lipinski definition) is 4. The smallest absolute Gasteiger partial charge is 0.307 e. The molecule has 290 valence electrons. The number of carbonyl (C=O) groups is 1. The van der Waals surface area contributed by atoms with Crippen molar-refractivity contribution in [2.24, 2.45) is 0 Å². The quantitative estimate of drug-likeness (QED) is 0.273. The lowest BCUT2D eigenvalue weighted by Gasteiger charge is -2.42. The minimum atomic E-state index is -5.36. The van der Waals surface area contributed by atoms with Gasteiger partial charge in [-0.15, -0.1) is 0 Å². The van der Waals surface area contributed by atoms with Gasteiger partial charge in [0.25, 0.3) is 0 Å². The number of nitrogens with one attached hydrogen (secondary N) is 1. The molecule has 1 N–H and O–H groups in total. The molecule has 0 saturated carbocycles. The monoisotopic (exact) mass is 759 g/mol. The van der Waals surface area contributed by atoms with Crippen LogP contribution in [-0.4, -0.2) is 66.9 Å². The first-order valence-corrected chi connectivity index (χ1v) is 17.5. The van der Waals surface area contributed by atoms with Crippen LogP contribution in [0.3, 0.4) is 0 Å². The van der Waals surface area contributed by atoms with Gasteiger partial charge in [-0.2, -0.15) is 52.7 Å². The summed E-state index contributed by atoms with van der Waals surface area (Å²) in [6.45, 7) is 3.92. The molecule has 52 heavy (non-hydrogen) atoms. The van der Waals surface area contributed by atoms with Gasteiger partial charge in [0, 0.05) is 12.5 Å². The Morgan fingerprint density at radius 2 is 1.31 bits per heavy atom. The number of Topliss-reactive ketones (excluding diaryl/α,β-unsaturated/α-hetero) is 1. The molecule has 3 aliphatic rings. The van der Waals surface area contributed by atoms with Crippen molar-refractivity contribution in [3.8, 4) is 0 Å². The maximum Gasteiger partial charge on any atom is 0.417 e. The maximum absolute atomic E-state index is 14.1. The highest BCUT2D eigenvalue weighted by Crippen LogP contribution is 2.46. The molecule has 3 heterocycles. The lowest BCUT2D eigenvalue weighted by molar-refractivity contribution is -0.162. The van der Waals surface area contributed by atoms with Gasteiger partial charge in [0.1, 0.15) is 0 Å². The van der Waals surface area contributed by atoms with E-state index in [0.717, 1.165) is 44.8 Å². The van der Waals surface area contributed by atoms with Gasteiger partial charge in [-0.1, -0.05) is 12.5 Å². The zero-order chi connectivity index (χ0) is 38.1. The van der Waals surface area contributed by atoms with Gasteiger partial charge < -0.3 is 15.1 Å². The first-order chi connectivity index (χ1) is 24.2. The van der Waals surface area contributed by atoms with Crippen LogP contribution in [0.25, 0.3) is 0 Å². The van der Waals surface area contributed by atoms with Crippen LogP contribution in [0.5, 0.6) is 0 Å². The Balaban J connectivity index is 1.45. The fraction of sp³-hybridized carbons (Fsp3) is 0.639. The number of piperidine rings is 2. The van der Waals surface area contributed by atoms with E-state index >= 15 is 0 Å². The predicted octanol–water partition coefficient (Wildman–Crippen LogP) is 9.29. The van der Waals surface area contributed by atoms with Gasteiger partial charge in [-0.05, 0) is 138 Å². The highest BCUT2D eigenvalue weighted by molar-refractivity contribution is 5.86. The molecule has 2 atom stereocenters. The summed E-state index contributed by atoms with van der Waals surface area (Å²) in [6.07, 6.45) is -16.2. The summed E-state index contributed by atoms with van der Waals surface area (Å²) in [7, 11) is 0. The van der Waals surface area contributed by atoms with Gasteiger partial charge in [0.05, 0.1) is 28.3 Å². The third-order valence-electron chi connectivity index (χ3n) is 10.8. The summed E-state index contributed by atoms with van der Waals surface area (Å²) >= 11 is 0. The zero-order valence-corrected chi connectivity index (χ0v) is 28.3. The first kappa shape index (κ1) is 40.3. The number of halogens is 12. The Hall–Kier alpha value is -2.85. The average Bonchev–Trinajstić information content (AvgIpc) is 3.30. The predicted molar refractivity (Wildman–Crippen MR) is 168 cm³/mol. The van der Waals surface area contributed by atoms with Crippen LogP contribution in [0.1, 0.15) is 91.2 Å². The van der Waals surface area contributed by atoms with E-state index in [4.69, 9.17) is 0 Å². The van der Waals surface area contributed by atoms with E-state index in [1.54, 1.807) is 0 Å². The third-order valence-corrected chi connectivity index (χ3v) is 10.8. The molecule has 2 aromatic rings. The summed E-state index contributed by atoms with van der Waals surface area (Å²) < 4.78 is 165. The van der Waals surface area contributed by atoms with E-state index in [1.165, 1.54) is 6.42 Å². The Morgan fingerprint density at radius 1 is 0.712 bits per heavy atom. The SMILES string of the molecule is O=C(Cc1cc(C(F)(F)F)cc(C(F)(F)F)c1)C1CC(CCN2CCC(N3CCCCC3)CC2)(c2ccc(C(F)(F)F)c(C(F)(F)F)c2)CCCN1. The molecule has 0 aliphatic carbocycles. The molecule has 3 saturated heterocycles. The van der Waals surface area contributed by atoms with Crippen molar-refractivity contribution in [2.75, 3.05) is 39.3 Å². The Morgan fingerprint density at radius 3 is 1.87 bits per heavy atom. The van der Waals surface area contributed by atoms with Gasteiger partial charge in [-0.25, -0.2) is 0 Å². The Bertz CT molecular complexity index is 1500. The van der Waals surface area contributed by atoms with E-state index in [2.05, 4.69) is 15.1 Å². The highest BCUT2D eigenvalue weighted by atomic mass is 19.4. The Kier molecular flexibility index (Phi) is 12.0. The molecule has 2 aromatic carbocycles. The molecular weight excluding hydrogens is 718 g/mol. The topological polar surface area (TPSA) is 35.6 Å². The minimum absolute atomic E-state index is 0.0545. The molecule has 0 spiro atoms. The van der Waals surface area contributed by atoms with Crippen molar-refractivity contribution < 1.29 is 57.5 Å². The molecule has 3 aliphatic heterocycles. The second-order valence-corrected chi connectivity index (χ2v) is 14.3. The molecule has 5 rings (SSSR count). The van der Waals surface area contributed by atoms with Gasteiger partial charge in [-0.3, -0.25) is 4.79 Å². The van der Waals surface area contributed by atoms with Gasteiger partial charge in [0.15, 0.2) is 5.78 Å². The van der Waals surface area contributed by atoms with Crippen molar-refractivity contribution in [1.82, 2.24) is 15.1 Å². The number of likely N-dealkylation sites (tertiary alicyclic amines) is 2. The fourth-order valence-electron chi connectivity index (χ4n) is 8.09. The molecule has 0 aromatic heterocycles. The first-order valence-electron chi connectivity index (χ1n) is 17.5. The summed E-state index contributed by atoms with van der Waals surface area (Å²) in [6, 6.07) is 1.91. The van der Waals surface area contributed by atoms with Crippen LogP contribution >= 0.6 is 0 Å².